The highest BCUT2D eigenvalue weighted by Crippen LogP contribution is 2.27. The maximum Gasteiger partial charge on any atom is 0.320 e. The Balaban J connectivity index is 1.66. The van der Waals surface area contributed by atoms with Crippen LogP contribution < -0.4 is 4.74 Å². The molecule has 0 saturated carbocycles. The number of rotatable bonds is 7. The van der Waals surface area contributed by atoms with E-state index in [-0.39, 0.29) is 6.04 Å². The molecule has 1 aliphatic rings. The number of benzene rings is 1. The molecule has 1 fully saturated rings. The van der Waals surface area contributed by atoms with Crippen molar-refractivity contribution in [3.05, 3.63) is 28.2 Å². The third-order valence-corrected chi connectivity index (χ3v) is 5.65. The molecule has 0 aromatic heterocycles. The fourth-order valence-electron chi connectivity index (χ4n) is 3.08. The Morgan fingerprint density at radius 3 is 2.78 bits per heavy atom. The van der Waals surface area contributed by atoms with Crippen LogP contribution in [0, 0.1) is 12.8 Å². The number of carboxylic acid groups (broad SMARTS) is 1. The molecule has 0 bridgehead atoms. The highest BCUT2D eigenvalue weighted by molar-refractivity contribution is 9.10. The van der Waals surface area contributed by atoms with Crippen LogP contribution in [0.3, 0.4) is 0 Å². The highest BCUT2D eigenvalue weighted by Gasteiger charge is 2.25. The molecule has 0 amide bonds. The van der Waals surface area contributed by atoms with E-state index in [0.717, 1.165) is 61.2 Å². The van der Waals surface area contributed by atoms with Gasteiger partial charge < -0.3 is 9.84 Å². The van der Waals surface area contributed by atoms with Crippen molar-refractivity contribution >= 4 is 21.9 Å². The SMILES string of the molecule is Cc1c(Br)cccc1OCCCC1CCN(C(C)C(=O)O)CC1. The molecule has 1 aliphatic heterocycles. The van der Waals surface area contributed by atoms with Crippen LogP contribution in [-0.4, -0.2) is 41.7 Å². The molecular weight excluding hydrogens is 358 g/mol. The van der Waals surface area contributed by atoms with Gasteiger partial charge in [0.05, 0.1) is 6.61 Å². The molecule has 128 valence electrons. The van der Waals surface area contributed by atoms with Crippen LogP contribution in [0.5, 0.6) is 5.75 Å². The van der Waals surface area contributed by atoms with Crippen molar-refractivity contribution < 1.29 is 14.6 Å². The van der Waals surface area contributed by atoms with E-state index >= 15 is 0 Å². The van der Waals surface area contributed by atoms with Gasteiger partial charge in [0.25, 0.3) is 0 Å². The number of carboxylic acids is 1. The van der Waals surface area contributed by atoms with Gasteiger partial charge in [0.2, 0.25) is 0 Å². The van der Waals surface area contributed by atoms with E-state index in [1.807, 2.05) is 18.2 Å². The number of carbonyl (C=O) groups is 1. The molecule has 1 aromatic rings. The first-order chi connectivity index (χ1) is 11.0. The number of piperidine rings is 1. The Bertz CT molecular complexity index is 527. The van der Waals surface area contributed by atoms with Crippen molar-refractivity contribution in [3.8, 4) is 5.75 Å². The summed E-state index contributed by atoms with van der Waals surface area (Å²) in [5.41, 5.74) is 1.14. The molecule has 0 radical (unpaired) electrons. The van der Waals surface area contributed by atoms with Crippen LogP contribution in [0.25, 0.3) is 0 Å². The van der Waals surface area contributed by atoms with Crippen LogP contribution in [-0.2, 0) is 4.79 Å². The fourth-order valence-corrected chi connectivity index (χ4v) is 3.43. The summed E-state index contributed by atoms with van der Waals surface area (Å²) >= 11 is 3.52. The van der Waals surface area contributed by atoms with Gasteiger partial charge in [-0.1, -0.05) is 22.0 Å². The minimum Gasteiger partial charge on any atom is -0.493 e. The van der Waals surface area contributed by atoms with Crippen molar-refractivity contribution in [1.82, 2.24) is 4.90 Å². The number of ether oxygens (including phenoxy) is 1. The quantitative estimate of drug-likeness (QED) is 0.719. The van der Waals surface area contributed by atoms with Crippen molar-refractivity contribution in [2.24, 2.45) is 5.92 Å². The second-order valence-electron chi connectivity index (χ2n) is 6.35. The maximum atomic E-state index is 11.0. The molecule has 2 rings (SSSR count). The van der Waals surface area contributed by atoms with Crippen LogP contribution >= 0.6 is 15.9 Å². The standard InChI is InChI=1S/C18H26BrNO3/c1-13-16(19)6-3-7-17(13)23-12-4-5-15-8-10-20(11-9-15)14(2)18(21)22/h3,6-7,14-15H,4-5,8-12H2,1-2H3,(H,21,22). The summed E-state index contributed by atoms with van der Waals surface area (Å²) < 4.78 is 6.96. The number of halogens is 1. The maximum absolute atomic E-state index is 11.0. The molecular formula is C18H26BrNO3. The van der Waals surface area contributed by atoms with Crippen molar-refractivity contribution in [1.29, 1.82) is 0 Å². The second kappa shape index (κ2) is 8.69. The molecule has 1 atom stereocenters. The van der Waals surface area contributed by atoms with E-state index in [1.54, 1.807) is 6.92 Å². The number of hydrogen-bond donors (Lipinski definition) is 1. The molecule has 4 nitrogen and oxygen atoms in total. The summed E-state index contributed by atoms with van der Waals surface area (Å²) in [5.74, 6) is 0.921. The van der Waals surface area contributed by atoms with Gasteiger partial charge in [0, 0.05) is 10.0 Å². The zero-order valence-corrected chi connectivity index (χ0v) is 15.5. The normalized spacial score (nSPS) is 17.9. The predicted octanol–water partition coefficient (Wildman–Crippen LogP) is 4.10. The van der Waals surface area contributed by atoms with E-state index in [9.17, 15) is 4.79 Å². The number of likely N-dealkylation sites (tertiary alicyclic amines) is 1. The van der Waals surface area contributed by atoms with Gasteiger partial charge >= 0.3 is 5.97 Å². The van der Waals surface area contributed by atoms with E-state index < -0.39 is 5.97 Å². The molecule has 5 heteroatoms. The minimum absolute atomic E-state index is 0.362. The Morgan fingerprint density at radius 2 is 2.13 bits per heavy atom. The molecule has 0 spiro atoms. The summed E-state index contributed by atoms with van der Waals surface area (Å²) in [6.45, 7) is 6.35. The summed E-state index contributed by atoms with van der Waals surface area (Å²) in [6.07, 6.45) is 4.38. The van der Waals surface area contributed by atoms with Gasteiger partial charge in [0.1, 0.15) is 11.8 Å². The first-order valence-corrected chi connectivity index (χ1v) is 9.13. The number of nitrogens with zero attached hydrogens (tertiary/aromatic N) is 1. The van der Waals surface area contributed by atoms with Gasteiger partial charge in [-0.3, -0.25) is 9.69 Å². The van der Waals surface area contributed by atoms with Crippen molar-refractivity contribution in [2.45, 2.75) is 45.6 Å². The van der Waals surface area contributed by atoms with Gasteiger partial charge in [0.15, 0.2) is 0 Å². The van der Waals surface area contributed by atoms with Crippen LogP contribution in [0.4, 0.5) is 0 Å². The van der Waals surface area contributed by atoms with Gasteiger partial charge in [-0.2, -0.15) is 0 Å². The van der Waals surface area contributed by atoms with E-state index in [0.29, 0.717) is 5.92 Å². The fraction of sp³-hybridized carbons (Fsp3) is 0.611. The lowest BCUT2D eigenvalue weighted by Crippen LogP contribution is -2.43. The molecule has 1 saturated heterocycles. The van der Waals surface area contributed by atoms with Crippen molar-refractivity contribution in [3.63, 3.8) is 0 Å². The van der Waals surface area contributed by atoms with Gasteiger partial charge in [-0.15, -0.1) is 0 Å². The summed E-state index contributed by atoms with van der Waals surface area (Å²) in [7, 11) is 0. The third-order valence-electron chi connectivity index (χ3n) is 4.79. The largest absolute Gasteiger partial charge is 0.493 e. The zero-order valence-electron chi connectivity index (χ0n) is 13.9. The molecule has 23 heavy (non-hydrogen) atoms. The topological polar surface area (TPSA) is 49.8 Å². The summed E-state index contributed by atoms with van der Waals surface area (Å²) in [4.78, 5) is 13.1. The first-order valence-electron chi connectivity index (χ1n) is 8.33. The van der Waals surface area contributed by atoms with Crippen LogP contribution in [0.1, 0.15) is 38.2 Å². The third kappa shape index (κ3) is 5.21. The smallest absolute Gasteiger partial charge is 0.320 e. The first kappa shape index (κ1) is 18.3. The Labute approximate surface area is 147 Å². The van der Waals surface area contributed by atoms with E-state index in [1.165, 1.54) is 0 Å². The molecule has 1 N–H and O–H groups in total. The van der Waals surface area contributed by atoms with Crippen LogP contribution in [0.15, 0.2) is 22.7 Å². The Morgan fingerprint density at radius 1 is 1.43 bits per heavy atom. The Kier molecular flexibility index (Phi) is 6.90. The molecule has 1 heterocycles. The van der Waals surface area contributed by atoms with E-state index in [4.69, 9.17) is 9.84 Å². The predicted molar refractivity (Wildman–Crippen MR) is 95.0 cm³/mol. The summed E-state index contributed by atoms with van der Waals surface area (Å²) in [6, 6.07) is 5.66. The summed E-state index contributed by atoms with van der Waals surface area (Å²) in [5, 5.41) is 9.06. The molecule has 1 aromatic carbocycles. The highest BCUT2D eigenvalue weighted by atomic mass is 79.9. The Hall–Kier alpha value is -1.07. The lowest BCUT2D eigenvalue weighted by molar-refractivity contribution is -0.143. The monoisotopic (exact) mass is 383 g/mol. The van der Waals surface area contributed by atoms with Crippen LogP contribution in [0.2, 0.25) is 0 Å². The molecule has 1 unspecified atom stereocenters. The number of aliphatic carboxylic acids is 1. The van der Waals surface area contributed by atoms with Gasteiger partial charge in [-0.05, 0) is 70.7 Å². The molecule has 0 aliphatic carbocycles. The van der Waals surface area contributed by atoms with Gasteiger partial charge in [-0.25, -0.2) is 0 Å². The second-order valence-corrected chi connectivity index (χ2v) is 7.20. The lowest BCUT2D eigenvalue weighted by atomic mass is 9.91. The zero-order chi connectivity index (χ0) is 16.8. The van der Waals surface area contributed by atoms with E-state index in [2.05, 4.69) is 27.8 Å². The number of hydrogen-bond acceptors (Lipinski definition) is 3. The average molecular weight is 384 g/mol. The van der Waals surface area contributed by atoms with Crippen molar-refractivity contribution in [2.75, 3.05) is 19.7 Å². The lowest BCUT2D eigenvalue weighted by Gasteiger charge is -2.34. The average Bonchev–Trinajstić information content (AvgIpc) is 2.55. The minimum atomic E-state index is -0.721.